The molecule has 4 rings (SSSR count). The van der Waals surface area contributed by atoms with Crippen LogP contribution in [0.4, 0.5) is 17.3 Å². The third-order valence-electron chi connectivity index (χ3n) is 4.32. The summed E-state index contributed by atoms with van der Waals surface area (Å²) in [5, 5.41) is 4.20. The van der Waals surface area contributed by atoms with Crippen molar-refractivity contribution in [3.63, 3.8) is 0 Å². The first-order valence-corrected chi connectivity index (χ1v) is 10.2. The lowest BCUT2D eigenvalue weighted by atomic mass is 10.0. The highest BCUT2D eigenvalue weighted by molar-refractivity contribution is 7.08. The maximum atomic E-state index is 9.75. The monoisotopic (exact) mass is 430 g/mol. The molecule has 4 aromatic rings. The van der Waals surface area contributed by atoms with Crippen molar-refractivity contribution >= 4 is 18.6 Å². The van der Waals surface area contributed by atoms with Gasteiger partial charge in [0.05, 0.1) is 23.3 Å². The Kier molecular flexibility index (Phi) is 6.72. The van der Waals surface area contributed by atoms with Crippen LogP contribution >= 0.6 is 11.3 Å². The first kappa shape index (κ1) is 21.8. The minimum absolute atomic E-state index is 0.888. The van der Waals surface area contributed by atoms with Crippen LogP contribution in [-0.4, -0.2) is 7.25 Å². The van der Waals surface area contributed by atoms with Crippen LogP contribution in [0.3, 0.4) is 0 Å². The summed E-state index contributed by atoms with van der Waals surface area (Å²) in [7, 11) is -6.00. The van der Waals surface area contributed by atoms with Gasteiger partial charge in [0, 0.05) is 10.9 Å². The van der Waals surface area contributed by atoms with Gasteiger partial charge in [0.2, 0.25) is 0 Å². The van der Waals surface area contributed by atoms with Crippen molar-refractivity contribution in [3.8, 4) is 33.8 Å². The Morgan fingerprint density at radius 2 is 1.10 bits per heavy atom. The Bertz CT molecular complexity index is 1020. The lowest BCUT2D eigenvalue weighted by molar-refractivity contribution is 0.368. The third-order valence-corrected chi connectivity index (χ3v) is 5.00. The van der Waals surface area contributed by atoms with Gasteiger partial charge < -0.3 is 17.3 Å². The standard InChI is InChI=1S/C23H19OS.BF4/c1-16-3-7-18(8-4-16)21-13-22(19-9-5-17(2)6-10-19)24-23(14-21)20-11-12-25-15-20;2-1(3,4)5/h3-15H,1-2H3;/q+1;-1. The second kappa shape index (κ2) is 9.26. The first-order chi connectivity index (χ1) is 14.2. The van der Waals surface area contributed by atoms with Gasteiger partial charge in [-0.15, -0.1) is 0 Å². The van der Waals surface area contributed by atoms with Gasteiger partial charge in [-0.05, 0) is 43.0 Å². The first-order valence-electron chi connectivity index (χ1n) is 9.21. The molecule has 2 heterocycles. The second-order valence-corrected chi connectivity index (χ2v) is 7.59. The molecule has 154 valence electrons. The normalized spacial score (nSPS) is 11.0. The Morgan fingerprint density at radius 1 is 0.633 bits per heavy atom. The van der Waals surface area contributed by atoms with E-state index in [-0.39, 0.29) is 0 Å². The van der Waals surface area contributed by atoms with Gasteiger partial charge in [-0.1, -0.05) is 47.5 Å². The molecule has 0 bridgehead atoms. The number of aryl methyl sites for hydroxylation is 2. The second-order valence-electron chi connectivity index (χ2n) is 6.81. The Balaban J connectivity index is 0.000000461. The van der Waals surface area contributed by atoms with E-state index in [0.717, 1.165) is 22.6 Å². The molecule has 0 aliphatic carbocycles. The van der Waals surface area contributed by atoms with Gasteiger partial charge in [-0.25, -0.2) is 4.42 Å². The van der Waals surface area contributed by atoms with Gasteiger partial charge in [-0.2, -0.15) is 11.3 Å². The highest BCUT2D eigenvalue weighted by atomic mass is 32.1. The number of halogens is 4. The number of hydrogen-bond acceptors (Lipinski definition) is 1. The molecule has 0 spiro atoms. The van der Waals surface area contributed by atoms with Crippen LogP contribution < -0.4 is 0 Å². The fourth-order valence-corrected chi connectivity index (χ4v) is 3.47. The van der Waals surface area contributed by atoms with Crippen molar-refractivity contribution in [2.45, 2.75) is 13.8 Å². The zero-order chi connectivity index (χ0) is 21.7. The van der Waals surface area contributed by atoms with Crippen molar-refractivity contribution in [1.29, 1.82) is 0 Å². The molecule has 0 atom stereocenters. The molecule has 1 nitrogen and oxygen atoms in total. The van der Waals surface area contributed by atoms with Crippen LogP contribution in [0.1, 0.15) is 11.1 Å². The van der Waals surface area contributed by atoms with Gasteiger partial charge >= 0.3 is 18.8 Å². The molecule has 0 saturated carbocycles. The van der Waals surface area contributed by atoms with Crippen molar-refractivity contribution in [1.82, 2.24) is 0 Å². The number of hydrogen-bond donors (Lipinski definition) is 0. The van der Waals surface area contributed by atoms with E-state index in [2.05, 4.69) is 91.3 Å². The molecule has 0 radical (unpaired) electrons. The molecule has 0 unspecified atom stereocenters. The van der Waals surface area contributed by atoms with E-state index < -0.39 is 7.25 Å². The predicted octanol–water partition coefficient (Wildman–Crippen LogP) is 8.54. The number of benzene rings is 2. The van der Waals surface area contributed by atoms with Crippen LogP contribution in [0.2, 0.25) is 0 Å². The lowest BCUT2D eigenvalue weighted by Gasteiger charge is -2.02. The Labute approximate surface area is 176 Å². The fraction of sp³-hybridized carbons (Fsp3) is 0.0870. The minimum Gasteiger partial charge on any atom is -0.418 e. The van der Waals surface area contributed by atoms with E-state index in [1.807, 2.05) is 0 Å². The summed E-state index contributed by atoms with van der Waals surface area (Å²) in [5.74, 6) is 1.79. The Hall–Kier alpha value is -2.93. The van der Waals surface area contributed by atoms with E-state index >= 15 is 0 Å². The minimum atomic E-state index is -6.00. The van der Waals surface area contributed by atoms with Crippen LogP contribution in [0, 0.1) is 13.8 Å². The summed E-state index contributed by atoms with van der Waals surface area (Å²) in [6.07, 6.45) is 0. The van der Waals surface area contributed by atoms with Crippen LogP contribution in [0.25, 0.3) is 33.8 Å². The molecule has 2 aromatic heterocycles. The summed E-state index contributed by atoms with van der Waals surface area (Å²) in [6, 6.07) is 23.5. The third kappa shape index (κ3) is 6.29. The van der Waals surface area contributed by atoms with Crippen molar-refractivity contribution < 1.29 is 21.7 Å². The van der Waals surface area contributed by atoms with E-state index in [1.165, 1.54) is 22.3 Å². The summed E-state index contributed by atoms with van der Waals surface area (Å²) in [6.45, 7) is 4.21. The van der Waals surface area contributed by atoms with E-state index in [1.54, 1.807) is 11.3 Å². The average Bonchev–Trinajstić information content (AvgIpc) is 3.22. The number of thiophene rings is 1. The molecule has 30 heavy (non-hydrogen) atoms. The van der Waals surface area contributed by atoms with Crippen LogP contribution in [0.15, 0.2) is 81.9 Å². The van der Waals surface area contributed by atoms with Gasteiger partial charge in [0.25, 0.3) is 0 Å². The molecule has 0 saturated heterocycles. The van der Waals surface area contributed by atoms with E-state index in [0.29, 0.717) is 0 Å². The Morgan fingerprint density at radius 3 is 1.57 bits per heavy atom. The van der Waals surface area contributed by atoms with Crippen molar-refractivity contribution in [2.24, 2.45) is 0 Å². The molecule has 0 fully saturated rings. The van der Waals surface area contributed by atoms with E-state index in [4.69, 9.17) is 4.42 Å². The topological polar surface area (TPSA) is 11.3 Å². The smallest absolute Gasteiger partial charge is 0.418 e. The fourth-order valence-electron chi connectivity index (χ4n) is 2.82. The SMILES string of the molecule is Cc1ccc(-c2cc(-c3ccc(C)cc3)[o+]c(-c3ccsc3)c2)cc1.F[B-](F)(F)F. The maximum absolute atomic E-state index is 9.75. The molecule has 0 N–H and O–H groups in total. The van der Waals surface area contributed by atoms with Crippen LogP contribution in [0.5, 0.6) is 0 Å². The molecule has 7 heteroatoms. The molecule has 0 amide bonds. The maximum Gasteiger partial charge on any atom is 0.673 e. The van der Waals surface area contributed by atoms with Crippen molar-refractivity contribution in [2.75, 3.05) is 0 Å². The molecular weight excluding hydrogens is 411 g/mol. The van der Waals surface area contributed by atoms with Gasteiger partial charge in [-0.3, -0.25) is 0 Å². The molecule has 2 aromatic carbocycles. The van der Waals surface area contributed by atoms with E-state index in [9.17, 15) is 17.3 Å². The zero-order valence-corrected chi connectivity index (χ0v) is 17.2. The summed E-state index contributed by atoms with van der Waals surface area (Å²) < 4.78 is 45.2. The number of rotatable bonds is 3. The summed E-state index contributed by atoms with van der Waals surface area (Å²) in [5.41, 5.74) is 7.09. The quantitative estimate of drug-likeness (QED) is 0.180. The summed E-state index contributed by atoms with van der Waals surface area (Å²) >= 11 is 1.68. The molecule has 0 aliphatic rings. The van der Waals surface area contributed by atoms with Gasteiger partial charge in [0.15, 0.2) is 0 Å². The molecule has 0 aliphatic heterocycles. The molecular formula is C23H19BF4OS. The highest BCUT2D eigenvalue weighted by Gasteiger charge is 2.21. The summed E-state index contributed by atoms with van der Waals surface area (Å²) in [4.78, 5) is 0. The highest BCUT2D eigenvalue weighted by Crippen LogP contribution is 2.33. The predicted molar refractivity (Wildman–Crippen MR) is 117 cm³/mol. The lowest BCUT2D eigenvalue weighted by Crippen LogP contribution is -2.02. The van der Waals surface area contributed by atoms with Gasteiger partial charge in [0.1, 0.15) is 0 Å². The average molecular weight is 430 g/mol. The largest absolute Gasteiger partial charge is 0.673 e. The zero-order valence-electron chi connectivity index (χ0n) is 16.4. The van der Waals surface area contributed by atoms with Crippen LogP contribution in [-0.2, 0) is 0 Å². The van der Waals surface area contributed by atoms with Crippen molar-refractivity contribution in [3.05, 3.63) is 88.6 Å².